The summed E-state index contributed by atoms with van der Waals surface area (Å²) in [6.45, 7) is 1.84. The van der Waals surface area contributed by atoms with Gasteiger partial charge in [0.15, 0.2) is 0 Å². The van der Waals surface area contributed by atoms with Crippen LogP contribution in [0.3, 0.4) is 0 Å². The normalized spacial score (nSPS) is 16.7. The SMILES string of the molecule is N#CCCCC(=O)N1CCCCC1. The first-order valence-electron chi connectivity index (χ1n) is 4.99. The number of unbranched alkanes of at least 4 members (excludes halogenated alkanes) is 1. The standard InChI is InChI=1S/C10H16N2O/c11-7-3-2-6-10(13)12-8-4-1-5-9-12/h1-6,8-9H2. The van der Waals surface area contributed by atoms with E-state index in [1.807, 2.05) is 4.90 Å². The van der Waals surface area contributed by atoms with Gasteiger partial charge in [0, 0.05) is 25.9 Å². The van der Waals surface area contributed by atoms with Crippen LogP contribution in [0.15, 0.2) is 0 Å². The van der Waals surface area contributed by atoms with Gasteiger partial charge in [-0.05, 0) is 25.7 Å². The number of hydrogen-bond donors (Lipinski definition) is 0. The molecule has 1 amide bonds. The van der Waals surface area contributed by atoms with Crippen molar-refractivity contribution in [1.82, 2.24) is 4.90 Å². The maximum absolute atomic E-state index is 11.5. The lowest BCUT2D eigenvalue weighted by Gasteiger charge is -2.26. The van der Waals surface area contributed by atoms with Gasteiger partial charge in [-0.15, -0.1) is 0 Å². The minimum absolute atomic E-state index is 0.231. The summed E-state index contributed by atoms with van der Waals surface area (Å²) in [7, 11) is 0. The Labute approximate surface area is 79.3 Å². The summed E-state index contributed by atoms with van der Waals surface area (Å²) in [5.74, 6) is 0.231. The average molecular weight is 180 g/mol. The third kappa shape index (κ3) is 3.45. The van der Waals surface area contributed by atoms with Crippen molar-refractivity contribution in [2.75, 3.05) is 13.1 Å². The Morgan fingerprint density at radius 2 is 2.00 bits per heavy atom. The Balaban J connectivity index is 2.18. The van der Waals surface area contributed by atoms with Crippen LogP contribution in [0.2, 0.25) is 0 Å². The number of rotatable bonds is 3. The molecular weight excluding hydrogens is 164 g/mol. The van der Waals surface area contributed by atoms with Gasteiger partial charge in [-0.25, -0.2) is 0 Å². The summed E-state index contributed by atoms with van der Waals surface area (Å²) in [6, 6.07) is 2.06. The number of carbonyl (C=O) groups excluding carboxylic acids is 1. The molecule has 0 saturated carbocycles. The molecule has 1 aliphatic rings. The Morgan fingerprint density at radius 3 is 2.62 bits per heavy atom. The van der Waals surface area contributed by atoms with Crippen molar-refractivity contribution in [2.45, 2.75) is 38.5 Å². The van der Waals surface area contributed by atoms with Crippen LogP contribution in [0.5, 0.6) is 0 Å². The van der Waals surface area contributed by atoms with E-state index >= 15 is 0 Å². The molecule has 3 heteroatoms. The highest BCUT2D eigenvalue weighted by atomic mass is 16.2. The largest absolute Gasteiger partial charge is 0.343 e. The minimum atomic E-state index is 0.231. The van der Waals surface area contributed by atoms with Crippen LogP contribution in [0.4, 0.5) is 0 Å². The van der Waals surface area contributed by atoms with E-state index in [2.05, 4.69) is 6.07 Å². The van der Waals surface area contributed by atoms with Gasteiger partial charge < -0.3 is 4.90 Å². The summed E-state index contributed by atoms with van der Waals surface area (Å²) in [5, 5.41) is 8.31. The maximum atomic E-state index is 11.5. The van der Waals surface area contributed by atoms with E-state index in [4.69, 9.17) is 5.26 Å². The van der Waals surface area contributed by atoms with Gasteiger partial charge in [-0.3, -0.25) is 4.79 Å². The number of piperidine rings is 1. The van der Waals surface area contributed by atoms with Crippen LogP contribution in [0.1, 0.15) is 38.5 Å². The third-order valence-electron chi connectivity index (χ3n) is 2.39. The lowest BCUT2D eigenvalue weighted by Crippen LogP contribution is -2.35. The van der Waals surface area contributed by atoms with E-state index in [0.717, 1.165) is 25.9 Å². The molecular formula is C10H16N2O. The van der Waals surface area contributed by atoms with Crippen molar-refractivity contribution < 1.29 is 4.79 Å². The lowest BCUT2D eigenvalue weighted by molar-refractivity contribution is -0.132. The molecule has 0 unspecified atom stereocenters. The number of carbonyl (C=O) groups is 1. The summed E-state index contributed by atoms with van der Waals surface area (Å²) in [6.07, 6.45) is 5.30. The molecule has 0 aliphatic carbocycles. The van der Waals surface area contributed by atoms with E-state index in [-0.39, 0.29) is 5.91 Å². The fourth-order valence-electron chi connectivity index (χ4n) is 1.62. The molecule has 1 fully saturated rings. The molecule has 0 aromatic heterocycles. The van der Waals surface area contributed by atoms with Crippen molar-refractivity contribution >= 4 is 5.91 Å². The monoisotopic (exact) mass is 180 g/mol. The highest BCUT2D eigenvalue weighted by Gasteiger charge is 2.15. The molecule has 0 spiro atoms. The predicted octanol–water partition coefficient (Wildman–Crippen LogP) is 1.69. The topological polar surface area (TPSA) is 44.1 Å². The maximum Gasteiger partial charge on any atom is 0.222 e. The molecule has 1 aliphatic heterocycles. The van der Waals surface area contributed by atoms with Crippen LogP contribution in [0, 0.1) is 11.3 Å². The van der Waals surface area contributed by atoms with Crippen LogP contribution in [-0.4, -0.2) is 23.9 Å². The third-order valence-corrected chi connectivity index (χ3v) is 2.39. The van der Waals surface area contributed by atoms with Gasteiger partial charge in [-0.1, -0.05) is 0 Å². The van der Waals surface area contributed by atoms with Crippen LogP contribution >= 0.6 is 0 Å². The first kappa shape index (κ1) is 10.0. The quantitative estimate of drug-likeness (QED) is 0.620. The summed E-state index contributed by atoms with van der Waals surface area (Å²) in [5.41, 5.74) is 0. The molecule has 0 aromatic carbocycles. The number of nitriles is 1. The molecule has 1 rings (SSSR count). The van der Waals surface area contributed by atoms with Crippen LogP contribution < -0.4 is 0 Å². The molecule has 72 valence electrons. The number of amides is 1. The Kier molecular flexibility index (Phi) is 4.31. The summed E-state index contributed by atoms with van der Waals surface area (Å²) in [4.78, 5) is 13.4. The Hall–Kier alpha value is -1.04. The molecule has 0 radical (unpaired) electrons. The zero-order valence-electron chi connectivity index (χ0n) is 7.96. The summed E-state index contributed by atoms with van der Waals surface area (Å²) < 4.78 is 0. The molecule has 0 atom stereocenters. The molecule has 0 N–H and O–H groups in total. The van der Waals surface area contributed by atoms with Gasteiger partial charge in [0.1, 0.15) is 0 Å². The zero-order chi connectivity index (χ0) is 9.52. The fourth-order valence-corrected chi connectivity index (χ4v) is 1.62. The van der Waals surface area contributed by atoms with E-state index in [0.29, 0.717) is 19.3 Å². The van der Waals surface area contributed by atoms with Crippen LogP contribution in [0.25, 0.3) is 0 Å². The van der Waals surface area contributed by atoms with Crippen molar-refractivity contribution in [3.63, 3.8) is 0 Å². The minimum Gasteiger partial charge on any atom is -0.343 e. The molecule has 3 nitrogen and oxygen atoms in total. The molecule has 13 heavy (non-hydrogen) atoms. The second-order valence-electron chi connectivity index (χ2n) is 3.45. The molecule has 0 aromatic rings. The first-order chi connectivity index (χ1) is 6.34. The van der Waals surface area contributed by atoms with Gasteiger partial charge in [0.05, 0.1) is 6.07 Å². The van der Waals surface area contributed by atoms with E-state index in [1.165, 1.54) is 6.42 Å². The van der Waals surface area contributed by atoms with Gasteiger partial charge in [0.25, 0.3) is 0 Å². The summed E-state index contributed by atoms with van der Waals surface area (Å²) >= 11 is 0. The van der Waals surface area contributed by atoms with E-state index in [9.17, 15) is 4.79 Å². The van der Waals surface area contributed by atoms with Crippen molar-refractivity contribution in [2.24, 2.45) is 0 Å². The van der Waals surface area contributed by atoms with E-state index < -0.39 is 0 Å². The highest BCUT2D eigenvalue weighted by Crippen LogP contribution is 2.10. The Bertz CT molecular complexity index is 201. The zero-order valence-corrected chi connectivity index (χ0v) is 7.96. The second kappa shape index (κ2) is 5.58. The lowest BCUT2D eigenvalue weighted by atomic mass is 10.1. The smallest absolute Gasteiger partial charge is 0.222 e. The molecule has 0 bridgehead atoms. The van der Waals surface area contributed by atoms with Crippen molar-refractivity contribution in [3.8, 4) is 6.07 Å². The fraction of sp³-hybridized carbons (Fsp3) is 0.800. The first-order valence-corrected chi connectivity index (χ1v) is 4.99. The van der Waals surface area contributed by atoms with Crippen molar-refractivity contribution in [1.29, 1.82) is 5.26 Å². The van der Waals surface area contributed by atoms with Gasteiger partial charge >= 0.3 is 0 Å². The van der Waals surface area contributed by atoms with Gasteiger partial charge in [-0.2, -0.15) is 5.26 Å². The Morgan fingerprint density at radius 1 is 1.31 bits per heavy atom. The average Bonchev–Trinajstić information content (AvgIpc) is 2.19. The molecule has 1 heterocycles. The highest BCUT2D eigenvalue weighted by molar-refractivity contribution is 5.76. The number of likely N-dealkylation sites (tertiary alicyclic amines) is 1. The molecule has 1 saturated heterocycles. The van der Waals surface area contributed by atoms with Crippen LogP contribution in [-0.2, 0) is 4.79 Å². The van der Waals surface area contributed by atoms with E-state index in [1.54, 1.807) is 0 Å². The number of hydrogen-bond acceptors (Lipinski definition) is 2. The predicted molar refractivity (Wildman–Crippen MR) is 49.9 cm³/mol. The van der Waals surface area contributed by atoms with Gasteiger partial charge in [0.2, 0.25) is 5.91 Å². The number of nitrogens with zero attached hydrogens (tertiary/aromatic N) is 2. The second-order valence-corrected chi connectivity index (χ2v) is 3.45. The van der Waals surface area contributed by atoms with Crippen molar-refractivity contribution in [3.05, 3.63) is 0 Å².